The molecule has 0 saturated carbocycles. The van der Waals surface area contributed by atoms with E-state index in [0.717, 1.165) is 19.1 Å². The zero-order valence-electron chi connectivity index (χ0n) is 16.2. The summed E-state index contributed by atoms with van der Waals surface area (Å²) in [6, 6.07) is 6.45. The van der Waals surface area contributed by atoms with Crippen molar-refractivity contribution in [3.05, 3.63) is 24.3 Å². The lowest BCUT2D eigenvalue weighted by Crippen LogP contribution is -2.31. The van der Waals surface area contributed by atoms with Gasteiger partial charge in [0.05, 0.1) is 11.3 Å². The molecule has 0 aliphatic rings. The summed E-state index contributed by atoms with van der Waals surface area (Å²) in [7, 11) is 0. The Bertz CT molecular complexity index is 593. The maximum absolute atomic E-state index is 12.4. The summed E-state index contributed by atoms with van der Waals surface area (Å²) in [5, 5.41) is 0. The molecule has 1 aromatic rings. The van der Waals surface area contributed by atoms with Gasteiger partial charge in [-0.2, -0.15) is 0 Å². The van der Waals surface area contributed by atoms with E-state index in [1.165, 1.54) is 0 Å². The van der Waals surface area contributed by atoms with E-state index >= 15 is 0 Å². The average molecular weight is 362 g/mol. The van der Waals surface area contributed by atoms with Gasteiger partial charge in [-0.1, -0.05) is 27.2 Å². The Morgan fingerprint density at radius 2 is 1.65 bits per heavy atom. The second-order valence-corrected chi connectivity index (χ2v) is 6.80. The predicted molar refractivity (Wildman–Crippen MR) is 100 cm³/mol. The molecule has 0 saturated heterocycles. The Labute approximate surface area is 156 Å². The maximum Gasteiger partial charge on any atom is 0.317 e. The summed E-state index contributed by atoms with van der Waals surface area (Å²) >= 11 is 0. The zero-order chi connectivity index (χ0) is 19.6. The Morgan fingerprint density at radius 1 is 1.08 bits per heavy atom. The minimum absolute atomic E-state index is 0.244. The SMILES string of the molecule is CCCC(C)(CC)C(=O)Oc1ccc(OC(=O)C(CC)CCC=O)cc1. The highest BCUT2D eigenvalue weighted by Gasteiger charge is 2.32. The molecule has 0 amide bonds. The standard InChI is InChI=1S/C21H30O5/c1-5-14-21(4,7-3)20(24)26-18-12-10-17(11-13-18)25-19(23)16(6-2)9-8-15-22/h10-13,15-16H,5-9,14H2,1-4H3. The first-order valence-electron chi connectivity index (χ1n) is 9.37. The van der Waals surface area contributed by atoms with Crippen LogP contribution in [0.3, 0.4) is 0 Å². The fraction of sp³-hybridized carbons (Fsp3) is 0.571. The third-order valence-electron chi connectivity index (χ3n) is 4.79. The number of benzene rings is 1. The molecule has 5 heteroatoms. The molecule has 5 nitrogen and oxygen atoms in total. The monoisotopic (exact) mass is 362 g/mol. The predicted octanol–water partition coefficient (Wildman–Crippen LogP) is 4.72. The second kappa shape index (κ2) is 10.7. The molecule has 0 radical (unpaired) electrons. The van der Waals surface area contributed by atoms with E-state index < -0.39 is 5.41 Å². The molecule has 2 unspecified atom stereocenters. The zero-order valence-corrected chi connectivity index (χ0v) is 16.2. The summed E-state index contributed by atoms with van der Waals surface area (Å²) in [4.78, 5) is 35.0. The molecule has 0 N–H and O–H groups in total. The maximum atomic E-state index is 12.4. The largest absolute Gasteiger partial charge is 0.426 e. The molecule has 0 aliphatic carbocycles. The molecule has 0 fully saturated rings. The molecular weight excluding hydrogens is 332 g/mol. The minimum Gasteiger partial charge on any atom is -0.426 e. The van der Waals surface area contributed by atoms with E-state index in [-0.39, 0.29) is 17.9 Å². The van der Waals surface area contributed by atoms with Crippen LogP contribution in [0.2, 0.25) is 0 Å². The van der Waals surface area contributed by atoms with Gasteiger partial charge in [0, 0.05) is 6.42 Å². The lowest BCUT2D eigenvalue weighted by molar-refractivity contribution is -0.145. The first-order valence-corrected chi connectivity index (χ1v) is 9.37. The van der Waals surface area contributed by atoms with Gasteiger partial charge in [-0.05, 0) is 56.9 Å². The van der Waals surface area contributed by atoms with Gasteiger partial charge in [0.25, 0.3) is 0 Å². The van der Waals surface area contributed by atoms with E-state index in [4.69, 9.17) is 9.47 Å². The van der Waals surface area contributed by atoms with Crippen molar-refractivity contribution in [2.75, 3.05) is 0 Å². The molecular formula is C21H30O5. The Balaban J connectivity index is 2.69. The first-order chi connectivity index (χ1) is 12.4. The van der Waals surface area contributed by atoms with Gasteiger partial charge in [0.2, 0.25) is 0 Å². The van der Waals surface area contributed by atoms with Gasteiger partial charge in [-0.25, -0.2) is 0 Å². The van der Waals surface area contributed by atoms with Gasteiger partial charge in [-0.3, -0.25) is 9.59 Å². The van der Waals surface area contributed by atoms with Crippen molar-refractivity contribution in [3.8, 4) is 11.5 Å². The highest BCUT2D eigenvalue weighted by Crippen LogP contribution is 2.30. The molecule has 0 aliphatic heterocycles. The fourth-order valence-electron chi connectivity index (χ4n) is 2.74. The van der Waals surface area contributed by atoms with E-state index in [1.54, 1.807) is 24.3 Å². The number of hydrogen-bond donors (Lipinski definition) is 0. The van der Waals surface area contributed by atoms with Gasteiger partial charge in [-0.15, -0.1) is 0 Å². The topological polar surface area (TPSA) is 69.7 Å². The molecule has 0 aromatic heterocycles. The first kappa shape index (κ1) is 21.9. The molecule has 1 rings (SSSR count). The summed E-state index contributed by atoms with van der Waals surface area (Å²) in [5.41, 5.74) is -0.493. The van der Waals surface area contributed by atoms with Crippen LogP contribution in [0.15, 0.2) is 24.3 Å². The van der Waals surface area contributed by atoms with Crippen molar-refractivity contribution in [1.29, 1.82) is 0 Å². The van der Waals surface area contributed by atoms with Crippen molar-refractivity contribution < 1.29 is 23.9 Å². The smallest absolute Gasteiger partial charge is 0.317 e. The number of carbonyl (C=O) groups excluding carboxylic acids is 3. The van der Waals surface area contributed by atoms with Crippen molar-refractivity contribution in [2.24, 2.45) is 11.3 Å². The van der Waals surface area contributed by atoms with Crippen LogP contribution in [0.25, 0.3) is 0 Å². The molecule has 2 atom stereocenters. The summed E-state index contributed by atoms with van der Waals surface area (Å²) < 4.78 is 10.8. The van der Waals surface area contributed by atoms with Crippen LogP contribution in [0.4, 0.5) is 0 Å². The number of esters is 2. The van der Waals surface area contributed by atoms with Gasteiger partial charge in [0.1, 0.15) is 17.8 Å². The molecule has 0 heterocycles. The summed E-state index contributed by atoms with van der Waals surface area (Å²) in [6.07, 6.45) is 4.66. The molecule has 1 aromatic carbocycles. The Hall–Kier alpha value is -2.17. The normalized spacial score (nSPS) is 14.2. The van der Waals surface area contributed by atoms with Gasteiger partial charge < -0.3 is 14.3 Å². The number of aldehydes is 1. The van der Waals surface area contributed by atoms with E-state index in [2.05, 4.69) is 0 Å². The Morgan fingerprint density at radius 3 is 2.12 bits per heavy atom. The minimum atomic E-state index is -0.493. The van der Waals surface area contributed by atoms with E-state index in [9.17, 15) is 14.4 Å². The molecule has 0 spiro atoms. The average Bonchev–Trinajstić information content (AvgIpc) is 2.64. The summed E-state index contributed by atoms with van der Waals surface area (Å²) in [5.74, 6) is -0.0612. The number of hydrogen-bond acceptors (Lipinski definition) is 5. The number of carbonyl (C=O) groups is 3. The second-order valence-electron chi connectivity index (χ2n) is 6.80. The molecule has 144 valence electrons. The van der Waals surface area contributed by atoms with Crippen LogP contribution in [0.5, 0.6) is 11.5 Å². The third kappa shape index (κ3) is 6.28. The lowest BCUT2D eigenvalue weighted by Gasteiger charge is -2.25. The van der Waals surface area contributed by atoms with Gasteiger partial charge in [0.15, 0.2) is 0 Å². The van der Waals surface area contributed by atoms with E-state index in [0.29, 0.717) is 37.2 Å². The lowest BCUT2D eigenvalue weighted by atomic mass is 9.83. The van der Waals surface area contributed by atoms with Crippen molar-refractivity contribution >= 4 is 18.2 Å². The molecule has 26 heavy (non-hydrogen) atoms. The van der Waals surface area contributed by atoms with Crippen LogP contribution in [-0.4, -0.2) is 18.2 Å². The van der Waals surface area contributed by atoms with Crippen LogP contribution in [0.1, 0.15) is 66.2 Å². The van der Waals surface area contributed by atoms with Gasteiger partial charge >= 0.3 is 11.9 Å². The highest BCUT2D eigenvalue weighted by molar-refractivity contribution is 5.79. The number of rotatable bonds is 11. The van der Waals surface area contributed by atoms with Crippen molar-refractivity contribution in [1.82, 2.24) is 0 Å². The van der Waals surface area contributed by atoms with Crippen molar-refractivity contribution in [2.45, 2.75) is 66.2 Å². The Kier molecular flexibility index (Phi) is 9.03. The van der Waals surface area contributed by atoms with Crippen molar-refractivity contribution in [3.63, 3.8) is 0 Å². The highest BCUT2D eigenvalue weighted by atomic mass is 16.5. The molecule has 0 bridgehead atoms. The number of ether oxygens (including phenoxy) is 2. The van der Waals surface area contributed by atoms with E-state index in [1.807, 2.05) is 27.7 Å². The third-order valence-corrected chi connectivity index (χ3v) is 4.79. The van der Waals surface area contributed by atoms with Crippen LogP contribution in [0, 0.1) is 11.3 Å². The van der Waals surface area contributed by atoms with Crippen LogP contribution >= 0.6 is 0 Å². The fourth-order valence-corrected chi connectivity index (χ4v) is 2.74. The van der Waals surface area contributed by atoms with Crippen LogP contribution < -0.4 is 9.47 Å². The summed E-state index contributed by atoms with van der Waals surface area (Å²) in [6.45, 7) is 7.83. The van der Waals surface area contributed by atoms with Crippen LogP contribution in [-0.2, 0) is 14.4 Å². The quantitative estimate of drug-likeness (QED) is 0.324.